The molecule has 0 aromatic heterocycles. The standard InChI is InChI=1S/C42H55FNO6PSi2/c1-41(2,3)52(7,8)49-37(30-16-21-32(43)22-17-30)27-26-36-39(44(40(36)45)33-14-12-11-13-15-33)35-25-20-31(28-38(35)50-53(9,10)42(4,5)6)29-18-23-34(24-19-29)51(46,47)48/h11-25,28,36-37,39H,26-27H2,1-10H3,(H2,46,47,48)/t36-,37+,39-/m1/s1. The van der Waals surface area contributed by atoms with Gasteiger partial charge in [0.05, 0.1) is 23.4 Å². The molecule has 2 N–H and O–H groups in total. The molecular formula is C42H55FNO6PSi2. The van der Waals surface area contributed by atoms with Crippen molar-refractivity contribution in [1.82, 2.24) is 0 Å². The van der Waals surface area contributed by atoms with Gasteiger partial charge in [-0.2, -0.15) is 0 Å². The highest BCUT2D eigenvalue weighted by molar-refractivity contribution is 7.60. The number of benzene rings is 4. The van der Waals surface area contributed by atoms with E-state index in [9.17, 15) is 23.5 Å². The van der Waals surface area contributed by atoms with Crippen molar-refractivity contribution in [3.8, 4) is 16.9 Å². The van der Waals surface area contributed by atoms with Gasteiger partial charge < -0.3 is 23.5 Å². The van der Waals surface area contributed by atoms with E-state index in [-0.39, 0.29) is 45.2 Å². The second-order valence-corrected chi connectivity index (χ2v) is 28.4. The number of halogens is 1. The number of nitrogens with zero attached hydrogens (tertiary/aromatic N) is 1. The first-order chi connectivity index (χ1) is 24.5. The minimum Gasteiger partial charge on any atom is -0.543 e. The van der Waals surface area contributed by atoms with Crippen LogP contribution in [0.1, 0.15) is 77.7 Å². The van der Waals surface area contributed by atoms with Crippen LogP contribution in [0, 0.1) is 11.7 Å². The smallest absolute Gasteiger partial charge is 0.356 e. The topological polar surface area (TPSA) is 96.3 Å². The SMILES string of the molecule is CC(C)(C)[Si](C)(C)Oc1cc(-c2ccc(P(=O)(O)O)cc2)ccc1[C@@H]1[C@@H](CC[C@H](O[Si](C)(C)C(C)(C)C)c2ccc(F)cc2)C(=O)N1c1ccccc1. The molecule has 7 nitrogen and oxygen atoms in total. The normalized spacial score (nSPS) is 17.8. The minimum atomic E-state index is -4.39. The van der Waals surface area contributed by atoms with Crippen LogP contribution in [0.25, 0.3) is 11.1 Å². The summed E-state index contributed by atoms with van der Waals surface area (Å²) in [6.07, 6.45) is 0.822. The first kappa shape index (κ1) is 40.8. The Labute approximate surface area is 317 Å². The van der Waals surface area contributed by atoms with Gasteiger partial charge in [-0.05, 0) is 108 Å². The zero-order chi connectivity index (χ0) is 39.1. The summed E-state index contributed by atoms with van der Waals surface area (Å²) in [5.41, 5.74) is 4.24. The maximum atomic E-state index is 14.3. The highest BCUT2D eigenvalue weighted by atomic mass is 31.2. The van der Waals surface area contributed by atoms with Gasteiger partial charge in [-0.3, -0.25) is 9.36 Å². The summed E-state index contributed by atoms with van der Waals surface area (Å²) >= 11 is 0. The Balaban J connectivity index is 1.58. The second-order valence-electron chi connectivity index (χ2n) is 17.3. The van der Waals surface area contributed by atoms with E-state index in [0.717, 1.165) is 27.9 Å². The highest BCUT2D eigenvalue weighted by Crippen LogP contribution is 2.51. The maximum absolute atomic E-state index is 14.3. The van der Waals surface area contributed by atoms with Crippen molar-refractivity contribution in [3.63, 3.8) is 0 Å². The molecule has 11 heteroatoms. The van der Waals surface area contributed by atoms with Crippen LogP contribution in [0.4, 0.5) is 10.1 Å². The first-order valence-corrected chi connectivity index (χ1v) is 25.7. The monoisotopic (exact) mass is 775 g/mol. The van der Waals surface area contributed by atoms with Crippen LogP contribution < -0.4 is 14.6 Å². The number of β-lactam (4-membered cyclic amide) rings is 1. The predicted molar refractivity (Wildman–Crippen MR) is 218 cm³/mol. The fourth-order valence-corrected chi connectivity index (χ4v) is 9.11. The van der Waals surface area contributed by atoms with E-state index in [1.807, 2.05) is 53.4 Å². The molecule has 1 fully saturated rings. The lowest BCUT2D eigenvalue weighted by atomic mass is 9.77. The van der Waals surface area contributed by atoms with Crippen LogP contribution in [0.2, 0.25) is 36.3 Å². The van der Waals surface area contributed by atoms with Crippen LogP contribution in [0.5, 0.6) is 5.75 Å². The lowest BCUT2D eigenvalue weighted by Crippen LogP contribution is -2.55. The third kappa shape index (κ3) is 8.96. The van der Waals surface area contributed by atoms with Crippen molar-refractivity contribution in [2.45, 2.75) is 103 Å². The Kier molecular flexibility index (Phi) is 11.6. The van der Waals surface area contributed by atoms with Gasteiger partial charge in [0.25, 0.3) is 0 Å². The molecule has 0 aliphatic carbocycles. The van der Waals surface area contributed by atoms with Crippen LogP contribution in [0.15, 0.2) is 97.1 Å². The van der Waals surface area contributed by atoms with Gasteiger partial charge in [-0.1, -0.05) is 96.1 Å². The number of amides is 1. The molecule has 0 saturated carbocycles. The molecule has 0 radical (unpaired) electrons. The molecule has 0 bridgehead atoms. The average Bonchev–Trinajstić information content (AvgIpc) is 3.06. The fraction of sp³-hybridized carbons (Fsp3) is 0.405. The van der Waals surface area contributed by atoms with Crippen molar-refractivity contribution in [3.05, 3.63) is 114 Å². The lowest BCUT2D eigenvalue weighted by molar-refractivity contribution is -0.131. The Hall–Kier alpha value is -3.38. The van der Waals surface area contributed by atoms with Crippen molar-refractivity contribution in [1.29, 1.82) is 0 Å². The summed E-state index contributed by atoms with van der Waals surface area (Å²) in [6, 6.07) is 28.3. The lowest BCUT2D eigenvalue weighted by Gasteiger charge is -2.49. The highest BCUT2D eigenvalue weighted by Gasteiger charge is 2.51. The molecule has 4 aromatic rings. The number of hydrogen-bond acceptors (Lipinski definition) is 4. The summed E-state index contributed by atoms with van der Waals surface area (Å²) in [6.45, 7) is 22.0. The minimum absolute atomic E-state index is 0.0294. The van der Waals surface area contributed by atoms with Crippen LogP contribution in [-0.2, 0) is 13.8 Å². The molecule has 0 spiro atoms. The van der Waals surface area contributed by atoms with Crippen molar-refractivity contribution in [2.75, 3.05) is 4.90 Å². The molecule has 4 aromatic carbocycles. The Bertz CT molecular complexity index is 1950. The van der Waals surface area contributed by atoms with E-state index in [0.29, 0.717) is 18.6 Å². The van der Waals surface area contributed by atoms with E-state index < -0.39 is 24.2 Å². The predicted octanol–water partition coefficient (Wildman–Crippen LogP) is 10.9. The zero-order valence-corrected chi connectivity index (χ0v) is 35.6. The Morgan fingerprint density at radius 2 is 1.36 bits per heavy atom. The number of para-hydroxylation sites is 1. The summed E-state index contributed by atoms with van der Waals surface area (Å²) < 4.78 is 40.0. The summed E-state index contributed by atoms with van der Waals surface area (Å²) in [5.74, 6) is 0.0604. The van der Waals surface area contributed by atoms with Crippen LogP contribution in [-0.4, -0.2) is 32.3 Å². The van der Waals surface area contributed by atoms with Crippen molar-refractivity contribution < 1.29 is 32.4 Å². The number of hydrogen-bond donors (Lipinski definition) is 2. The fourth-order valence-electron chi connectivity index (χ4n) is 6.22. The van der Waals surface area contributed by atoms with Gasteiger partial charge in [-0.25, -0.2) is 4.39 Å². The molecular weight excluding hydrogens is 721 g/mol. The summed E-state index contributed by atoms with van der Waals surface area (Å²) in [4.78, 5) is 35.5. The third-order valence-corrected chi connectivity index (χ3v) is 21.3. The molecule has 1 saturated heterocycles. The van der Waals surface area contributed by atoms with Gasteiger partial charge >= 0.3 is 7.60 Å². The van der Waals surface area contributed by atoms with E-state index >= 15 is 0 Å². The molecule has 1 heterocycles. The van der Waals surface area contributed by atoms with Gasteiger partial charge in [0.2, 0.25) is 14.2 Å². The van der Waals surface area contributed by atoms with Gasteiger partial charge in [0.1, 0.15) is 11.6 Å². The molecule has 1 aliphatic rings. The van der Waals surface area contributed by atoms with E-state index in [2.05, 4.69) is 67.7 Å². The van der Waals surface area contributed by atoms with E-state index in [4.69, 9.17) is 8.85 Å². The van der Waals surface area contributed by atoms with Crippen LogP contribution in [0.3, 0.4) is 0 Å². The second kappa shape index (κ2) is 15.0. The number of carbonyl (C=O) groups excluding carboxylic acids is 1. The molecule has 53 heavy (non-hydrogen) atoms. The molecule has 284 valence electrons. The van der Waals surface area contributed by atoms with Gasteiger partial charge in [-0.15, -0.1) is 0 Å². The van der Waals surface area contributed by atoms with Gasteiger partial charge in [0, 0.05) is 11.3 Å². The van der Waals surface area contributed by atoms with Crippen molar-refractivity contribution >= 4 is 41.1 Å². The Morgan fingerprint density at radius 3 is 1.91 bits per heavy atom. The Morgan fingerprint density at radius 1 is 0.792 bits per heavy atom. The third-order valence-electron chi connectivity index (χ3n) is 11.5. The molecule has 5 rings (SSSR count). The van der Waals surface area contributed by atoms with Crippen molar-refractivity contribution in [2.24, 2.45) is 5.92 Å². The van der Waals surface area contributed by atoms with E-state index in [1.165, 1.54) is 24.3 Å². The average molecular weight is 776 g/mol. The van der Waals surface area contributed by atoms with Crippen LogP contribution >= 0.6 is 7.60 Å². The molecule has 1 amide bonds. The maximum Gasteiger partial charge on any atom is 0.356 e. The van der Waals surface area contributed by atoms with E-state index in [1.54, 1.807) is 24.3 Å². The number of carbonyl (C=O) groups is 1. The molecule has 3 atom stereocenters. The summed E-state index contributed by atoms with van der Waals surface area (Å²) in [5, 5.41) is -0.192. The zero-order valence-electron chi connectivity index (χ0n) is 32.7. The quantitative estimate of drug-likeness (QED) is 0.0845. The molecule has 1 aliphatic heterocycles. The molecule has 0 unspecified atom stereocenters. The number of rotatable bonds is 12. The first-order valence-electron chi connectivity index (χ1n) is 18.3. The van der Waals surface area contributed by atoms with Gasteiger partial charge in [0.15, 0.2) is 8.32 Å². The summed E-state index contributed by atoms with van der Waals surface area (Å²) in [7, 11) is -9.03. The number of anilines is 1. The largest absolute Gasteiger partial charge is 0.543 e.